The van der Waals surface area contributed by atoms with Crippen LogP contribution in [0.15, 0.2) is 59.6 Å². The molecule has 7 heteroatoms. The monoisotopic (exact) mass is 538 g/mol. The number of ether oxygens (including phenoxy) is 2. The molecule has 2 N–H and O–H groups in total. The minimum atomic E-state index is -0.0586. The molecule has 0 aliphatic carbocycles. The van der Waals surface area contributed by atoms with Crippen molar-refractivity contribution >= 4 is 35.6 Å². The van der Waals surface area contributed by atoms with Crippen LogP contribution in [0.5, 0.6) is 11.5 Å². The van der Waals surface area contributed by atoms with Crippen molar-refractivity contribution in [2.45, 2.75) is 38.8 Å². The van der Waals surface area contributed by atoms with Crippen LogP contribution in [-0.2, 0) is 0 Å². The Morgan fingerprint density at radius 3 is 2.35 bits per heavy atom. The molecule has 0 bridgehead atoms. The molecule has 0 spiro atoms. The van der Waals surface area contributed by atoms with E-state index in [2.05, 4.69) is 52.8 Å². The van der Waals surface area contributed by atoms with Crippen molar-refractivity contribution in [2.24, 2.45) is 4.99 Å². The Bertz CT molecular complexity index is 795. The summed E-state index contributed by atoms with van der Waals surface area (Å²) in [6.45, 7) is 7.61. The molecule has 1 saturated heterocycles. The number of benzene rings is 2. The molecule has 0 aromatic heterocycles. The average molecular weight is 538 g/mol. The van der Waals surface area contributed by atoms with E-state index >= 15 is 0 Å². The maximum absolute atomic E-state index is 6.02. The quantitative estimate of drug-likeness (QED) is 0.298. The number of halogens is 1. The second-order valence-corrected chi connectivity index (χ2v) is 7.54. The highest BCUT2D eigenvalue weighted by Gasteiger charge is 2.20. The molecule has 1 heterocycles. The zero-order valence-electron chi connectivity index (χ0n) is 18.7. The van der Waals surface area contributed by atoms with E-state index in [9.17, 15) is 0 Å². The lowest BCUT2D eigenvalue weighted by molar-refractivity contribution is 0.219. The number of anilines is 1. The summed E-state index contributed by atoms with van der Waals surface area (Å²) in [5.74, 6) is 2.34. The summed E-state index contributed by atoms with van der Waals surface area (Å²) in [5.41, 5.74) is 1.30. The van der Waals surface area contributed by atoms with E-state index < -0.39 is 0 Å². The van der Waals surface area contributed by atoms with Crippen molar-refractivity contribution in [3.63, 3.8) is 0 Å². The number of hydrogen-bond acceptors (Lipinski definition) is 4. The maximum atomic E-state index is 6.02. The summed E-state index contributed by atoms with van der Waals surface area (Å²) in [7, 11) is 1.65. The van der Waals surface area contributed by atoms with Gasteiger partial charge in [0.2, 0.25) is 0 Å². The lowest BCUT2D eigenvalue weighted by Crippen LogP contribution is -2.49. The number of hydrogen-bond donors (Lipinski definition) is 2. The Hall–Kier alpha value is -2.16. The van der Waals surface area contributed by atoms with Crippen LogP contribution in [0.25, 0.3) is 0 Å². The zero-order valence-corrected chi connectivity index (χ0v) is 21.0. The van der Waals surface area contributed by atoms with Crippen LogP contribution in [0, 0.1) is 0 Å². The first-order valence-corrected chi connectivity index (χ1v) is 10.8. The van der Waals surface area contributed by atoms with Crippen molar-refractivity contribution in [1.82, 2.24) is 10.6 Å². The molecule has 31 heavy (non-hydrogen) atoms. The minimum Gasteiger partial charge on any atom is -0.493 e. The molecule has 170 valence electrons. The van der Waals surface area contributed by atoms with Gasteiger partial charge in [0.05, 0.1) is 13.7 Å². The fraction of sp³-hybridized carbons (Fsp3) is 0.458. The van der Waals surface area contributed by atoms with Crippen molar-refractivity contribution < 1.29 is 9.47 Å². The van der Waals surface area contributed by atoms with Crippen LogP contribution >= 0.6 is 24.0 Å². The summed E-state index contributed by atoms with van der Waals surface area (Å²) in [4.78, 5) is 7.20. The van der Waals surface area contributed by atoms with E-state index in [1.54, 1.807) is 7.11 Å². The molecule has 1 fully saturated rings. The molecule has 1 aliphatic rings. The van der Waals surface area contributed by atoms with Crippen LogP contribution in [0.3, 0.4) is 0 Å². The second kappa shape index (κ2) is 13.3. The Morgan fingerprint density at radius 1 is 1.06 bits per heavy atom. The molecule has 2 aromatic carbocycles. The number of guanidine groups is 1. The first-order valence-electron chi connectivity index (χ1n) is 10.8. The molecule has 2 aromatic rings. The summed E-state index contributed by atoms with van der Waals surface area (Å²) in [5, 5.41) is 6.96. The van der Waals surface area contributed by atoms with Crippen molar-refractivity contribution in [3.8, 4) is 11.5 Å². The van der Waals surface area contributed by atoms with E-state index in [-0.39, 0.29) is 30.1 Å². The van der Waals surface area contributed by atoms with Crippen molar-refractivity contribution in [1.29, 1.82) is 0 Å². The van der Waals surface area contributed by atoms with E-state index in [4.69, 9.17) is 14.5 Å². The number of para-hydroxylation sites is 3. The van der Waals surface area contributed by atoms with Gasteiger partial charge in [0.15, 0.2) is 17.5 Å². The van der Waals surface area contributed by atoms with Gasteiger partial charge in [-0.25, -0.2) is 4.99 Å². The largest absolute Gasteiger partial charge is 0.493 e. The fourth-order valence-electron chi connectivity index (χ4n) is 3.62. The van der Waals surface area contributed by atoms with Gasteiger partial charge in [-0.05, 0) is 51.0 Å². The third-order valence-corrected chi connectivity index (χ3v) is 5.21. The van der Waals surface area contributed by atoms with Gasteiger partial charge in [-0.3, -0.25) is 0 Å². The summed E-state index contributed by atoms with van der Waals surface area (Å²) < 4.78 is 11.4. The second-order valence-electron chi connectivity index (χ2n) is 7.54. The Morgan fingerprint density at radius 2 is 1.71 bits per heavy atom. The predicted molar refractivity (Wildman–Crippen MR) is 139 cm³/mol. The van der Waals surface area contributed by atoms with Crippen molar-refractivity contribution in [2.75, 3.05) is 38.2 Å². The van der Waals surface area contributed by atoms with Gasteiger partial charge in [-0.2, -0.15) is 0 Å². The molecular weight excluding hydrogens is 503 g/mol. The Labute approximate surface area is 203 Å². The number of nitrogens with one attached hydrogen (secondary N) is 2. The molecule has 1 unspecified atom stereocenters. The van der Waals surface area contributed by atoms with Gasteiger partial charge in [0.25, 0.3) is 0 Å². The summed E-state index contributed by atoms with van der Waals surface area (Å²) in [6.07, 6.45) is 2.12. The topological polar surface area (TPSA) is 58.1 Å². The van der Waals surface area contributed by atoms with Gasteiger partial charge >= 0.3 is 0 Å². The van der Waals surface area contributed by atoms with Crippen LogP contribution < -0.4 is 25.0 Å². The molecule has 1 atom stereocenters. The van der Waals surface area contributed by atoms with E-state index in [1.165, 1.54) is 5.69 Å². The highest BCUT2D eigenvalue weighted by atomic mass is 127. The van der Waals surface area contributed by atoms with E-state index in [1.807, 2.05) is 31.2 Å². The van der Waals surface area contributed by atoms with Crippen LogP contribution in [0.4, 0.5) is 5.69 Å². The highest BCUT2D eigenvalue weighted by molar-refractivity contribution is 14.0. The van der Waals surface area contributed by atoms with Crippen LogP contribution in [0.2, 0.25) is 0 Å². The molecule has 0 amide bonds. The third kappa shape index (κ3) is 7.79. The Balaban J connectivity index is 0.00000341. The lowest BCUT2D eigenvalue weighted by Gasteiger charge is -2.34. The molecule has 1 aliphatic heterocycles. The van der Waals surface area contributed by atoms with Gasteiger partial charge in [0, 0.05) is 31.4 Å². The molecular formula is C24H35IN4O2. The maximum Gasteiger partial charge on any atom is 0.191 e. The number of piperidine rings is 1. The summed E-state index contributed by atoms with van der Waals surface area (Å²) >= 11 is 0. The first kappa shape index (κ1) is 25.1. The third-order valence-electron chi connectivity index (χ3n) is 5.21. The van der Waals surface area contributed by atoms with Gasteiger partial charge in [-0.15, -0.1) is 24.0 Å². The van der Waals surface area contributed by atoms with E-state index in [0.29, 0.717) is 12.6 Å². The normalized spacial score (nSPS) is 15.6. The number of methoxy groups -OCH3 is 1. The Kier molecular flexibility index (Phi) is 10.8. The summed E-state index contributed by atoms with van der Waals surface area (Å²) in [6, 6.07) is 18.8. The molecule has 0 radical (unpaired) electrons. The fourth-order valence-corrected chi connectivity index (χ4v) is 3.62. The van der Waals surface area contributed by atoms with Gasteiger partial charge < -0.3 is 25.0 Å². The molecule has 6 nitrogen and oxygen atoms in total. The number of rotatable bonds is 8. The van der Waals surface area contributed by atoms with E-state index in [0.717, 1.165) is 49.9 Å². The number of nitrogens with zero attached hydrogens (tertiary/aromatic N) is 2. The number of aliphatic imine (C=N–C) groups is 1. The van der Waals surface area contributed by atoms with Crippen LogP contribution in [0.1, 0.15) is 26.7 Å². The minimum absolute atomic E-state index is 0. The smallest absolute Gasteiger partial charge is 0.191 e. The molecule has 0 saturated carbocycles. The molecule has 3 rings (SSSR count). The van der Waals surface area contributed by atoms with Crippen molar-refractivity contribution in [3.05, 3.63) is 54.6 Å². The predicted octanol–water partition coefficient (Wildman–Crippen LogP) is 4.30. The van der Waals surface area contributed by atoms with Gasteiger partial charge in [-0.1, -0.05) is 30.3 Å². The standard InChI is InChI=1S/C24H34N4O2.HI/c1-4-25-24(26-18-19(2)30-23-13-9-8-12-22(23)29-3)27-20-14-16-28(17-15-20)21-10-6-5-7-11-21;/h5-13,19-20H,4,14-18H2,1-3H3,(H2,25,26,27);1H. The highest BCUT2D eigenvalue weighted by Crippen LogP contribution is 2.26. The lowest BCUT2D eigenvalue weighted by atomic mass is 10.0. The van der Waals surface area contributed by atoms with Gasteiger partial charge in [0.1, 0.15) is 6.10 Å². The zero-order chi connectivity index (χ0) is 21.2. The average Bonchev–Trinajstić information content (AvgIpc) is 2.79. The first-order chi connectivity index (χ1) is 14.7. The van der Waals surface area contributed by atoms with Crippen LogP contribution in [-0.4, -0.2) is 51.4 Å². The SMILES string of the molecule is CCNC(=NCC(C)Oc1ccccc1OC)NC1CCN(c2ccccc2)CC1.I.